The van der Waals surface area contributed by atoms with Gasteiger partial charge in [-0.3, -0.25) is 9.69 Å². The SMILES string of the molecule is COc1ccc2c(c1)C(C)(c1ccc3c(c1)CCC(C)(C)O3)C(=O)N2c1cccc(C(=O)O)c1. The van der Waals surface area contributed by atoms with Crippen molar-refractivity contribution in [3.05, 3.63) is 82.9 Å². The zero-order chi connectivity index (χ0) is 24.3. The molecule has 0 bridgehead atoms. The third kappa shape index (κ3) is 3.33. The number of rotatable bonds is 4. The van der Waals surface area contributed by atoms with Crippen molar-refractivity contribution in [1.29, 1.82) is 0 Å². The Bertz CT molecular complexity index is 1330. The third-order valence-electron chi connectivity index (χ3n) is 6.99. The highest BCUT2D eigenvalue weighted by Gasteiger charge is 2.50. The van der Waals surface area contributed by atoms with E-state index in [1.54, 1.807) is 24.1 Å². The number of carbonyl (C=O) groups is 2. The molecule has 3 aromatic rings. The quantitative estimate of drug-likeness (QED) is 0.561. The lowest BCUT2D eigenvalue weighted by Crippen LogP contribution is -2.37. The minimum atomic E-state index is -1.04. The van der Waals surface area contributed by atoms with Crippen molar-refractivity contribution < 1.29 is 24.2 Å². The third-order valence-corrected chi connectivity index (χ3v) is 6.99. The molecule has 6 heteroatoms. The van der Waals surface area contributed by atoms with Crippen molar-refractivity contribution in [2.75, 3.05) is 12.0 Å². The number of ether oxygens (including phenoxy) is 2. The summed E-state index contributed by atoms with van der Waals surface area (Å²) < 4.78 is 11.6. The van der Waals surface area contributed by atoms with Gasteiger partial charge in [-0.25, -0.2) is 4.79 Å². The molecular formula is C28H27NO5. The van der Waals surface area contributed by atoms with Crippen LogP contribution in [0, 0.1) is 0 Å². The minimum absolute atomic E-state index is 0.127. The number of amides is 1. The molecular weight excluding hydrogens is 430 g/mol. The Balaban J connectivity index is 1.67. The lowest BCUT2D eigenvalue weighted by molar-refractivity contribution is -0.120. The fourth-order valence-corrected chi connectivity index (χ4v) is 4.97. The summed E-state index contributed by atoms with van der Waals surface area (Å²) in [4.78, 5) is 27.3. The molecule has 1 unspecified atom stereocenters. The van der Waals surface area contributed by atoms with Crippen LogP contribution in [0.25, 0.3) is 0 Å². The van der Waals surface area contributed by atoms with Crippen LogP contribution in [-0.4, -0.2) is 29.7 Å². The van der Waals surface area contributed by atoms with Crippen LogP contribution in [0.2, 0.25) is 0 Å². The molecule has 1 N–H and O–H groups in total. The van der Waals surface area contributed by atoms with E-state index in [4.69, 9.17) is 9.47 Å². The van der Waals surface area contributed by atoms with Crippen LogP contribution in [0.1, 0.15) is 54.2 Å². The average molecular weight is 458 g/mol. The van der Waals surface area contributed by atoms with Crippen LogP contribution in [0.5, 0.6) is 11.5 Å². The van der Waals surface area contributed by atoms with Crippen LogP contribution in [0.4, 0.5) is 11.4 Å². The zero-order valence-electron chi connectivity index (χ0n) is 19.7. The van der Waals surface area contributed by atoms with Gasteiger partial charge >= 0.3 is 5.97 Å². The minimum Gasteiger partial charge on any atom is -0.497 e. The number of carboxylic acids is 1. The molecule has 2 aliphatic heterocycles. The first-order valence-corrected chi connectivity index (χ1v) is 11.3. The maximum Gasteiger partial charge on any atom is 0.335 e. The van der Waals surface area contributed by atoms with Crippen molar-refractivity contribution in [1.82, 2.24) is 0 Å². The number of anilines is 2. The monoisotopic (exact) mass is 457 g/mol. The van der Waals surface area contributed by atoms with Gasteiger partial charge in [0.25, 0.3) is 0 Å². The lowest BCUT2D eigenvalue weighted by Gasteiger charge is -2.34. The van der Waals surface area contributed by atoms with Gasteiger partial charge in [0.2, 0.25) is 5.91 Å². The second-order valence-electron chi connectivity index (χ2n) is 9.69. The summed E-state index contributed by atoms with van der Waals surface area (Å²) in [6.45, 7) is 6.08. The highest BCUT2D eigenvalue weighted by Crippen LogP contribution is 2.51. The van der Waals surface area contributed by atoms with E-state index in [0.717, 1.165) is 35.3 Å². The molecule has 5 rings (SSSR count). The highest BCUT2D eigenvalue weighted by molar-refractivity contribution is 6.15. The van der Waals surface area contributed by atoms with E-state index in [0.29, 0.717) is 17.1 Å². The maximum absolute atomic E-state index is 14.1. The van der Waals surface area contributed by atoms with Gasteiger partial charge in [-0.15, -0.1) is 0 Å². The van der Waals surface area contributed by atoms with Crippen LogP contribution in [0.15, 0.2) is 60.7 Å². The molecule has 0 saturated heterocycles. The number of aryl methyl sites for hydroxylation is 1. The zero-order valence-corrected chi connectivity index (χ0v) is 19.7. The summed E-state index contributed by atoms with van der Waals surface area (Å²) in [6, 6.07) is 18.0. The number of carbonyl (C=O) groups excluding carboxylic acids is 1. The van der Waals surface area contributed by atoms with Gasteiger partial charge in [-0.1, -0.05) is 18.2 Å². The van der Waals surface area contributed by atoms with Gasteiger partial charge < -0.3 is 14.6 Å². The first kappa shape index (κ1) is 22.0. The molecule has 174 valence electrons. The van der Waals surface area contributed by atoms with Gasteiger partial charge in [0.05, 0.1) is 23.8 Å². The van der Waals surface area contributed by atoms with Crippen molar-refractivity contribution in [3.63, 3.8) is 0 Å². The van der Waals surface area contributed by atoms with Crippen LogP contribution < -0.4 is 14.4 Å². The van der Waals surface area contributed by atoms with Crippen LogP contribution in [0.3, 0.4) is 0 Å². The molecule has 6 nitrogen and oxygen atoms in total. The predicted molar refractivity (Wildman–Crippen MR) is 129 cm³/mol. The Labute approximate surface area is 198 Å². The molecule has 0 saturated carbocycles. The van der Waals surface area contributed by atoms with Crippen molar-refractivity contribution >= 4 is 23.3 Å². The fourth-order valence-electron chi connectivity index (χ4n) is 4.97. The molecule has 1 atom stereocenters. The second-order valence-corrected chi connectivity index (χ2v) is 9.69. The standard InChI is InChI=1S/C28H27NO5/c1-27(2)13-12-17-14-19(8-11-24(17)34-27)28(3)22-16-21(33-4)9-10-23(22)29(26(28)32)20-7-5-6-18(15-20)25(30)31/h5-11,14-16H,12-13H2,1-4H3,(H,30,31). The average Bonchev–Trinajstić information content (AvgIpc) is 3.05. The summed E-state index contributed by atoms with van der Waals surface area (Å²) in [5.41, 5.74) is 2.93. The van der Waals surface area contributed by atoms with Crippen molar-refractivity contribution in [3.8, 4) is 11.5 Å². The van der Waals surface area contributed by atoms with Crippen molar-refractivity contribution in [2.24, 2.45) is 0 Å². The summed E-state index contributed by atoms with van der Waals surface area (Å²) in [5, 5.41) is 9.48. The van der Waals surface area contributed by atoms with E-state index < -0.39 is 11.4 Å². The number of methoxy groups -OCH3 is 1. The number of benzene rings is 3. The second kappa shape index (κ2) is 7.62. The molecule has 34 heavy (non-hydrogen) atoms. The number of hydrogen-bond acceptors (Lipinski definition) is 4. The number of fused-ring (bicyclic) bond motifs is 2. The predicted octanol–water partition coefficient (Wildman–Crippen LogP) is 5.48. The van der Waals surface area contributed by atoms with Gasteiger partial charge in [0, 0.05) is 5.69 Å². The summed E-state index contributed by atoms with van der Waals surface area (Å²) in [6.07, 6.45) is 1.77. The largest absolute Gasteiger partial charge is 0.497 e. The van der Waals surface area contributed by atoms with E-state index in [-0.39, 0.29) is 17.1 Å². The smallest absolute Gasteiger partial charge is 0.335 e. The number of carboxylic acid groups (broad SMARTS) is 1. The Morgan fingerprint density at radius 2 is 1.85 bits per heavy atom. The van der Waals surface area contributed by atoms with E-state index in [9.17, 15) is 14.7 Å². The van der Waals surface area contributed by atoms with Gasteiger partial charge in [0.15, 0.2) is 0 Å². The molecule has 1 amide bonds. The van der Waals surface area contributed by atoms with Gasteiger partial charge in [-0.05, 0) is 92.8 Å². The van der Waals surface area contributed by atoms with E-state index in [2.05, 4.69) is 19.9 Å². The van der Waals surface area contributed by atoms with Crippen LogP contribution >= 0.6 is 0 Å². The fraction of sp³-hybridized carbons (Fsp3) is 0.286. The van der Waals surface area contributed by atoms with E-state index in [1.807, 2.05) is 37.3 Å². The summed E-state index contributed by atoms with van der Waals surface area (Å²) >= 11 is 0. The summed E-state index contributed by atoms with van der Waals surface area (Å²) in [7, 11) is 1.60. The maximum atomic E-state index is 14.1. The molecule has 2 aliphatic rings. The van der Waals surface area contributed by atoms with E-state index >= 15 is 0 Å². The Hall–Kier alpha value is -3.80. The first-order valence-electron chi connectivity index (χ1n) is 11.3. The van der Waals surface area contributed by atoms with Crippen molar-refractivity contribution in [2.45, 2.75) is 44.6 Å². The molecule has 0 spiro atoms. The number of nitrogens with zero attached hydrogens (tertiary/aromatic N) is 1. The summed E-state index contributed by atoms with van der Waals surface area (Å²) in [5.74, 6) is 0.326. The molecule has 0 aromatic heterocycles. The Morgan fingerprint density at radius 3 is 2.59 bits per heavy atom. The van der Waals surface area contributed by atoms with Crippen LogP contribution in [-0.2, 0) is 16.6 Å². The Morgan fingerprint density at radius 1 is 1.06 bits per heavy atom. The molecule has 0 radical (unpaired) electrons. The normalized spacial score (nSPS) is 20.4. The van der Waals surface area contributed by atoms with E-state index in [1.165, 1.54) is 12.1 Å². The lowest BCUT2D eigenvalue weighted by atomic mass is 9.76. The topological polar surface area (TPSA) is 76.1 Å². The molecule has 2 heterocycles. The van der Waals surface area contributed by atoms with Gasteiger partial charge in [-0.2, -0.15) is 0 Å². The molecule has 0 aliphatic carbocycles. The Kier molecular flexibility index (Phi) is 4.93. The molecule has 0 fully saturated rings. The van der Waals surface area contributed by atoms with Gasteiger partial charge in [0.1, 0.15) is 17.1 Å². The highest BCUT2D eigenvalue weighted by atomic mass is 16.5. The number of hydrogen-bond donors (Lipinski definition) is 1. The molecule has 3 aromatic carbocycles. The first-order chi connectivity index (χ1) is 16.1. The number of aromatic carboxylic acids is 1.